The summed E-state index contributed by atoms with van der Waals surface area (Å²) in [4.78, 5) is 4.14. The Labute approximate surface area is 111 Å². The van der Waals surface area contributed by atoms with Crippen LogP contribution in [0.5, 0.6) is 0 Å². The van der Waals surface area contributed by atoms with E-state index in [9.17, 15) is 4.39 Å². The molecule has 0 aromatic carbocycles. The number of rotatable bonds is 6. The molecule has 0 saturated heterocycles. The van der Waals surface area contributed by atoms with Gasteiger partial charge in [-0.25, -0.2) is 4.39 Å². The third-order valence-electron chi connectivity index (χ3n) is 2.81. The second-order valence-corrected chi connectivity index (χ2v) is 4.50. The first-order valence-electron chi connectivity index (χ1n) is 6.39. The monoisotopic (exact) mass is 263 g/mol. The molecule has 0 saturated carbocycles. The van der Waals surface area contributed by atoms with Gasteiger partial charge in [0.25, 0.3) is 0 Å². The van der Waals surface area contributed by atoms with Crippen molar-refractivity contribution in [3.8, 4) is 0 Å². The maximum atomic E-state index is 12.9. The molecule has 2 aromatic heterocycles. The third-order valence-corrected chi connectivity index (χ3v) is 2.81. The van der Waals surface area contributed by atoms with Gasteiger partial charge in [0.1, 0.15) is 5.82 Å². The normalized spacial score (nSPS) is 12.6. The molecule has 2 aromatic rings. The van der Waals surface area contributed by atoms with Crippen molar-refractivity contribution >= 4 is 0 Å². The lowest BCUT2D eigenvalue weighted by atomic mass is 10.1. The van der Waals surface area contributed by atoms with Gasteiger partial charge in [0.05, 0.1) is 23.6 Å². The molecule has 102 valence electrons. The van der Waals surface area contributed by atoms with Crippen molar-refractivity contribution in [3.63, 3.8) is 0 Å². The van der Waals surface area contributed by atoms with Crippen LogP contribution >= 0.6 is 0 Å². The average molecular weight is 263 g/mol. The molecule has 6 heteroatoms. The maximum Gasteiger partial charge on any atom is 0.141 e. The summed E-state index contributed by atoms with van der Waals surface area (Å²) in [5, 5.41) is 11.4. The van der Waals surface area contributed by atoms with Crippen molar-refractivity contribution in [2.24, 2.45) is 7.05 Å². The van der Waals surface area contributed by atoms with Crippen LogP contribution in [0.1, 0.15) is 30.8 Å². The second-order valence-electron chi connectivity index (χ2n) is 4.50. The van der Waals surface area contributed by atoms with Crippen LogP contribution in [0, 0.1) is 5.82 Å². The van der Waals surface area contributed by atoms with Gasteiger partial charge in [0, 0.05) is 19.7 Å². The Bertz CT molecular complexity index is 508. The van der Waals surface area contributed by atoms with Crippen molar-refractivity contribution in [1.29, 1.82) is 0 Å². The van der Waals surface area contributed by atoms with Crippen LogP contribution in [-0.2, 0) is 13.5 Å². The van der Waals surface area contributed by atoms with Crippen LogP contribution in [0.15, 0.2) is 24.5 Å². The second kappa shape index (κ2) is 6.38. The predicted octanol–water partition coefficient (Wildman–Crippen LogP) is 1.63. The summed E-state index contributed by atoms with van der Waals surface area (Å²) >= 11 is 0. The highest BCUT2D eigenvalue weighted by Gasteiger charge is 2.14. The minimum absolute atomic E-state index is 0.0252. The van der Waals surface area contributed by atoms with E-state index in [0.29, 0.717) is 6.42 Å². The number of aromatic nitrogens is 4. The summed E-state index contributed by atoms with van der Waals surface area (Å²) in [7, 11) is 1.83. The van der Waals surface area contributed by atoms with Gasteiger partial charge in [0.2, 0.25) is 0 Å². The molecule has 0 aliphatic carbocycles. The largest absolute Gasteiger partial charge is 0.308 e. The molecule has 1 N–H and O–H groups in total. The highest BCUT2D eigenvalue weighted by atomic mass is 19.1. The zero-order valence-corrected chi connectivity index (χ0v) is 11.2. The van der Waals surface area contributed by atoms with Crippen LogP contribution in [0.25, 0.3) is 0 Å². The molecule has 5 nitrogen and oxygen atoms in total. The first-order valence-corrected chi connectivity index (χ1v) is 6.39. The molecular weight excluding hydrogens is 245 g/mol. The van der Waals surface area contributed by atoms with Crippen LogP contribution < -0.4 is 5.32 Å². The van der Waals surface area contributed by atoms with Crippen molar-refractivity contribution in [2.75, 3.05) is 6.54 Å². The van der Waals surface area contributed by atoms with Crippen LogP contribution in [0.2, 0.25) is 0 Å². The van der Waals surface area contributed by atoms with Crippen LogP contribution in [0.3, 0.4) is 0 Å². The van der Waals surface area contributed by atoms with Crippen molar-refractivity contribution in [2.45, 2.75) is 25.8 Å². The number of hydrogen-bond acceptors (Lipinski definition) is 4. The molecule has 1 atom stereocenters. The summed E-state index contributed by atoms with van der Waals surface area (Å²) in [6.45, 7) is 2.98. The lowest BCUT2D eigenvalue weighted by Gasteiger charge is -2.16. The average Bonchev–Trinajstić information content (AvgIpc) is 2.81. The molecular formula is C13H18FN5. The number of halogens is 1. The van der Waals surface area contributed by atoms with Gasteiger partial charge in [-0.05, 0) is 25.1 Å². The number of pyridine rings is 1. The third kappa shape index (κ3) is 3.82. The topological polar surface area (TPSA) is 55.6 Å². The Kier molecular flexibility index (Phi) is 4.57. The van der Waals surface area contributed by atoms with Crippen molar-refractivity contribution in [1.82, 2.24) is 25.3 Å². The molecule has 19 heavy (non-hydrogen) atoms. The van der Waals surface area contributed by atoms with E-state index in [1.165, 1.54) is 12.3 Å². The zero-order valence-electron chi connectivity index (χ0n) is 11.2. The van der Waals surface area contributed by atoms with Gasteiger partial charge in [-0.1, -0.05) is 12.1 Å². The Morgan fingerprint density at radius 2 is 2.26 bits per heavy atom. The zero-order chi connectivity index (χ0) is 13.7. The van der Waals surface area contributed by atoms with Crippen molar-refractivity contribution in [3.05, 3.63) is 41.7 Å². The summed E-state index contributed by atoms with van der Waals surface area (Å²) in [5.74, 6) is -0.322. The van der Waals surface area contributed by atoms with E-state index in [1.807, 2.05) is 13.2 Å². The molecule has 0 amide bonds. The van der Waals surface area contributed by atoms with Crippen LogP contribution in [-0.4, -0.2) is 26.5 Å². The highest BCUT2D eigenvalue weighted by molar-refractivity contribution is 5.12. The Morgan fingerprint density at radius 3 is 2.84 bits per heavy atom. The van der Waals surface area contributed by atoms with E-state index in [1.54, 1.807) is 10.7 Å². The number of hydrogen-bond donors (Lipinski definition) is 1. The Morgan fingerprint density at radius 1 is 1.42 bits per heavy atom. The van der Waals surface area contributed by atoms with E-state index in [2.05, 4.69) is 27.5 Å². The molecule has 0 spiro atoms. The SMILES string of the molecule is CCCNC(Cc1cn(C)nn1)c1ccc(F)cn1. The van der Waals surface area contributed by atoms with Gasteiger partial charge < -0.3 is 5.32 Å². The van der Waals surface area contributed by atoms with E-state index in [-0.39, 0.29) is 11.9 Å². The first-order chi connectivity index (χ1) is 9.19. The summed E-state index contributed by atoms with van der Waals surface area (Å²) in [6, 6.07) is 3.16. The fourth-order valence-corrected chi connectivity index (χ4v) is 1.89. The summed E-state index contributed by atoms with van der Waals surface area (Å²) < 4.78 is 14.6. The smallest absolute Gasteiger partial charge is 0.141 e. The van der Waals surface area contributed by atoms with Gasteiger partial charge in [0.15, 0.2) is 0 Å². The fourth-order valence-electron chi connectivity index (χ4n) is 1.89. The van der Waals surface area contributed by atoms with Gasteiger partial charge in [-0.2, -0.15) is 0 Å². The van der Waals surface area contributed by atoms with E-state index < -0.39 is 0 Å². The fraction of sp³-hybridized carbons (Fsp3) is 0.462. The molecule has 2 heterocycles. The molecule has 0 aliphatic rings. The standard InChI is InChI=1S/C13H18FN5/c1-3-6-15-13(7-11-9-19(2)18-17-11)12-5-4-10(14)8-16-12/h4-5,8-9,13,15H,3,6-7H2,1-2H3. The Hall–Kier alpha value is -1.82. The van der Waals surface area contributed by atoms with E-state index in [0.717, 1.165) is 24.4 Å². The quantitative estimate of drug-likeness (QED) is 0.860. The molecule has 2 rings (SSSR count). The minimum atomic E-state index is -0.322. The van der Waals surface area contributed by atoms with Crippen molar-refractivity contribution < 1.29 is 4.39 Å². The summed E-state index contributed by atoms with van der Waals surface area (Å²) in [5.41, 5.74) is 1.71. The van der Waals surface area contributed by atoms with E-state index >= 15 is 0 Å². The van der Waals surface area contributed by atoms with Crippen LogP contribution in [0.4, 0.5) is 4.39 Å². The highest BCUT2D eigenvalue weighted by Crippen LogP contribution is 2.15. The summed E-state index contributed by atoms with van der Waals surface area (Å²) in [6.07, 6.45) is 4.83. The minimum Gasteiger partial charge on any atom is -0.308 e. The molecule has 0 bridgehead atoms. The van der Waals surface area contributed by atoms with Gasteiger partial charge >= 0.3 is 0 Å². The van der Waals surface area contributed by atoms with E-state index in [4.69, 9.17) is 0 Å². The lowest BCUT2D eigenvalue weighted by molar-refractivity contribution is 0.509. The lowest BCUT2D eigenvalue weighted by Crippen LogP contribution is -2.25. The number of aryl methyl sites for hydroxylation is 1. The predicted molar refractivity (Wildman–Crippen MR) is 69.9 cm³/mol. The Balaban J connectivity index is 2.13. The van der Waals surface area contributed by atoms with Gasteiger partial charge in [-0.15, -0.1) is 5.10 Å². The molecule has 1 unspecified atom stereocenters. The molecule has 0 fully saturated rings. The maximum absolute atomic E-state index is 12.9. The molecule has 0 radical (unpaired) electrons. The van der Waals surface area contributed by atoms with Gasteiger partial charge in [-0.3, -0.25) is 9.67 Å². The molecule has 0 aliphatic heterocycles. The number of nitrogens with one attached hydrogen (secondary N) is 1. The first kappa shape index (κ1) is 13.6. The number of nitrogens with zero attached hydrogens (tertiary/aromatic N) is 4.